The minimum atomic E-state index is -3.68. The van der Waals surface area contributed by atoms with Crippen LogP contribution in [-0.4, -0.2) is 14.1 Å². The van der Waals surface area contributed by atoms with Crippen molar-refractivity contribution < 1.29 is 8.42 Å². The van der Waals surface area contributed by atoms with Crippen LogP contribution in [0.3, 0.4) is 0 Å². The van der Waals surface area contributed by atoms with Crippen molar-refractivity contribution >= 4 is 25.4 Å². The summed E-state index contributed by atoms with van der Waals surface area (Å²) in [6.45, 7) is 0. The molecule has 14 heavy (non-hydrogen) atoms. The van der Waals surface area contributed by atoms with Crippen LogP contribution in [-0.2, 0) is 9.05 Å². The van der Waals surface area contributed by atoms with Crippen LogP contribution in [0.25, 0.3) is 0 Å². The Morgan fingerprint density at radius 3 is 3.00 bits per heavy atom. The van der Waals surface area contributed by atoms with E-state index in [1.54, 1.807) is 12.3 Å². The third-order valence-corrected chi connectivity index (χ3v) is 3.54. The molecule has 0 aromatic rings. The summed E-state index contributed by atoms with van der Waals surface area (Å²) in [7, 11) is 1.62. The van der Waals surface area contributed by atoms with E-state index in [0.717, 1.165) is 6.42 Å². The molecule has 3 nitrogen and oxygen atoms in total. The second-order valence-electron chi connectivity index (χ2n) is 3.09. The number of fused-ring (bicyclic) bond motifs is 1. The van der Waals surface area contributed by atoms with Gasteiger partial charge in [0.1, 0.15) is 4.91 Å². The van der Waals surface area contributed by atoms with Crippen LogP contribution in [0.4, 0.5) is 0 Å². The molecule has 0 saturated heterocycles. The summed E-state index contributed by atoms with van der Waals surface area (Å²) in [6, 6.07) is 0. The van der Waals surface area contributed by atoms with Crippen molar-refractivity contribution in [2.45, 2.75) is 6.42 Å². The minimum Gasteiger partial charge on any atom is -0.260 e. The fourth-order valence-corrected chi connectivity index (χ4v) is 2.62. The summed E-state index contributed by atoms with van der Waals surface area (Å²) in [5.41, 5.74) is 0.546. The zero-order valence-corrected chi connectivity index (χ0v) is 8.79. The van der Waals surface area contributed by atoms with Gasteiger partial charge < -0.3 is 0 Å². The first-order valence-electron chi connectivity index (χ1n) is 4.15. The maximum Gasteiger partial charge on any atom is 0.263 e. The van der Waals surface area contributed by atoms with Gasteiger partial charge in [0.25, 0.3) is 9.05 Å². The first kappa shape index (κ1) is 9.68. The van der Waals surface area contributed by atoms with E-state index in [1.165, 1.54) is 6.08 Å². The van der Waals surface area contributed by atoms with Crippen LogP contribution in [0.5, 0.6) is 0 Å². The SMILES string of the molecule is O=S(=O)(Cl)C1=CC=CC2CC=CN=C12. The molecule has 1 heterocycles. The third-order valence-electron chi connectivity index (χ3n) is 2.17. The summed E-state index contributed by atoms with van der Waals surface area (Å²) < 4.78 is 22.4. The fraction of sp³-hybridized carbons (Fsp3) is 0.222. The van der Waals surface area contributed by atoms with Crippen LogP contribution >= 0.6 is 10.7 Å². The van der Waals surface area contributed by atoms with Gasteiger partial charge in [-0.25, -0.2) is 8.42 Å². The van der Waals surface area contributed by atoms with Crippen molar-refractivity contribution in [3.05, 3.63) is 35.4 Å². The number of allylic oxidation sites excluding steroid dienone is 5. The van der Waals surface area contributed by atoms with Gasteiger partial charge in [-0.05, 0) is 12.5 Å². The lowest BCUT2D eigenvalue weighted by atomic mass is 9.93. The first-order valence-corrected chi connectivity index (χ1v) is 6.46. The van der Waals surface area contributed by atoms with Gasteiger partial charge in [-0.2, -0.15) is 0 Å². The molecule has 0 saturated carbocycles. The van der Waals surface area contributed by atoms with Crippen LogP contribution in [0.1, 0.15) is 6.42 Å². The van der Waals surface area contributed by atoms with Crippen LogP contribution in [0, 0.1) is 5.92 Å². The molecule has 2 rings (SSSR count). The lowest BCUT2D eigenvalue weighted by Gasteiger charge is -2.20. The Bertz CT molecular complexity index is 471. The van der Waals surface area contributed by atoms with Crippen molar-refractivity contribution in [2.24, 2.45) is 10.9 Å². The molecule has 0 aromatic carbocycles. The van der Waals surface area contributed by atoms with Gasteiger partial charge in [0.2, 0.25) is 0 Å². The Kier molecular flexibility index (Phi) is 2.33. The van der Waals surface area contributed by atoms with E-state index in [1.807, 2.05) is 12.2 Å². The Labute approximate surface area is 86.9 Å². The van der Waals surface area contributed by atoms with Crippen molar-refractivity contribution in [3.63, 3.8) is 0 Å². The van der Waals surface area contributed by atoms with E-state index in [9.17, 15) is 8.42 Å². The number of rotatable bonds is 1. The summed E-state index contributed by atoms with van der Waals surface area (Å²) in [5.74, 6) is 0.0496. The van der Waals surface area contributed by atoms with Crippen molar-refractivity contribution in [2.75, 3.05) is 0 Å². The molecular weight excluding hydrogens is 222 g/mol. The smallest absolute Gasteiger partial charge is 0.260 e. The fourth-order valence-electron chi connectivity index (χ4n) is 1.53. The first-order chi connectivity index (χ1) is 6.59. The molecule has 0 aromatic heterocycles. The molecule has 1 unspecified atom stereocenters. The number of hydrogen-bond acceptors (Lipinski definition) is 3. The Morgan fingerprint density at radius 2 is 2.29 bits per heavy atom. The van der Waals surface area contributed by atoms with E-state index in [-0.39, 0.29) is 10.8 Å². The number of nitrogens with zero attached hydrogens (tertiary/aromatic N) is 1. The van der Waals surface area contributed by atoms with Crippen LogP contribution in [0.2, 0.25) is 0 Å². The number of aliphatic imine (C=N–C) groups is 1. The van der Waals surface area contributed by atoms with E-state index >= 15 is 0 Å². The summed E-state index contributed by atoms with van der Waals surface area (Å²) in [4.78, 5) is 4.17. The van der Waals surface area contributed by atoms with Gasteiger partial charge in [-0.3, -0.25) is 4.99 Å². The molecule has 1 aliphatic heterocycles. The predicted molar refractivity (Wildman–Crippen MR) is 56.7 cm³/mol. The quantitative estimate of drug-likeness (QED) is 0.646. The topological polar surface area (TPSA) is 46.5 Å². The lowest BCUT2D eigenvalue weighted by molar-refractivity contribution is 0.615. The normalized spacial score (nSPS) is 25.4. The standard InChI is InChI=1S/C9H8ClNO2S/c10-14(12,13)8-5-1-3-7-4-2-6-11-9(7)8/h1-3,5-7H,4H2. The maximum atomic E-state index is 11.2. The molecule has 5 heteroatoms. The lowest BCUT2D eigenvalue weighted by Crippen LogP contribution is -2.21. The molecule has 1 atom stereocenters. The van der Waals surface area contributed by atoms with E-state index in [4.69, 9.17) is 10.7 Å². The van der Waals surface area contributed by atoms with Gasteiger partial charge in [0.15, 0.2) is 0 Å². The predicted octanol–water partition coefficient (Wildman–Crippen LogP) is 1.98. The van der Waals surface area contributed by atoms with Crippen LogP contribution < -0.4 is 0 Å². The van der Waals surface area contributed by atoms with Crippen molar-refractivity contribution in [1.29, 1.82) is 0 Å². The molecule has 0 N–H and O–H groups in total. The molecule has 0 amide bonds. The molecule has 1 aliphatic carbocycles. The highest BCUT2D eigenvalue weighted by Gasteiger charge is 2.27. The molecule has 2 aliphatic rings. The Balaban J connectivity index is 2.52. The number of halogens is 1. The van der Waals surface area contributed by atoms with Crippen molar-refractivity contribution in [1.82, 2.24) is 0 Å². The average Bonchev–Trinajstić information content (AvgIpc) is 2.15. The van der Waals surface area contributed by atoms with Gasteiger partial charge in [0, 0.05) is 22.8 Å². The van der Waals surface area contributed by atoms with Crippen molar-refractivity contribution in [3.8, 4) is 0 Å². The third kappa shape index (κ3) is 1.67. The highest BCUT2D eigenvalue weighted by atomic mass is 35.7. The Morgan fingerprint density at radius 1 is 1.50 bits per heavy atom. The zero-order chi connectivity index (χ0) is 10.2. The largest absolute Gasteiger partial charge is 0.263 e. The average molecular weight is 230 g/mol. The summed E-state index contributed by atoms with van der Waals surface area (Å²) in [5, 5.41) is 0. The van der Waals surface area contributed by atoms with E-state index < -0.39 is 9.05 Å². The van der Waals surface area contributed by atoms with Gasteiger partial charge in [-0.15, -0.1) is 0 Å². The second kappa shape index (κ2) is 3.37. The highest BCUT2D eigenvalue weighted by Crippen LogP contribution is 2.27. The molecule has 0 radical (unpaired) electrons. The maximum absolute atomic E-state index is 11.2. The molecular formula is C9H8ClNO2S. The molecule has 0 spiro atoms. The van der Waals surface area contributed by atoms with E-state index in [0.29, 0.717) is 5.71 Å². The zero-order valence-electron chi connectivity index (χ0n) is 7.22. The number of hydrogen-bond donors (Lipinski definition) is 0. The summed E-state index contributed by atoms with van der Waals surface area (Å²) in [6.07, 6.45) is 9.41. The second-order valence-corrected chi connectivity index (χ2v) is 5.63. The minimum absolute atomic E-state index is 0.0496. The van der Waals surface area contributed by atoms with Gasteiger partial charge in [0.05, 0.1) is 5.71 Å². The van der Waals surface area contributed by atoms with Gasteiger partial charge in [-0.1, -0.05) is 18.2 Å². The van der Waals surface area contributed by atoms with Crippen LogP contribution in [0.15, 0.2) is 40.4 Å². The monoisotopic (exact) mass is 229 g/mol. The molecule has 0 fully saturated rings. The summed E-state index contributed by atoms with van der Waals surface area (Å²) >= 11 is 0. The highest BCUT2D eigenvalue weighted by molar-refractivity contribution is 8.17. The molecule has 0 bridgehead atoms. The molecule has 74 valence electrons. The van der Waals surface area contributed by atoms with Gasteiger partial charge >= 0.3 is 0 Å². The van der Waals surface area contributed by atoms with E-state index in [2.05, 4.69) is 4.99 Å². The Hall–Kier alpha value is -0.870.